The number of anilines is 1. The molecule has 2 N–H and O–H groups in total. The van der Waals surface area contributed by atoms with Crippen LogP contribution in [0, 0.1) is 15.3 Å². The van der Waals surface area contributed by atoms with E-state index in [1.54, 1.807) is 17.8 Å². The van der Waals surface area contributed by atoms with Gasteiger partial charge in [-0.15, -0.1) is 11.8 Å². The summed E-state index contributed by atoms with van der Waals surface area (Å²) in [7, 11) is 0. The Morgan fingerprint density at radius 3 is 2.71 bits per heavy atom. The molecule has 14 heavy (non-hydrogen) atoms. The molecule has 0 aliphatic heterocycles. The molecule has 0 atom stereocenters. The minimum Gasteiger partial charge on any atom is -0.398 e. The van der Waals surface area contributed by atoms with Crippen molar-refractivity contribution in [1.29, 1.82) is 0 Å². The van der Waals surface area contributed by atoms with Crippen LogP contribution in [0.15, 0.2) is 17.0 Å². The molecule has 1 rings (SSSR count). The lowest BCUT2D eigenvalue weighted by molar-refractivity contribution is 0.617. The first-order valence-electron chi connectivity index (χ1n) is 4.38. The molecule has 1 nitrogen and oxygen atoms in total. The van der Waals surface area contributed by atoms with E-state index >= 15 is 0 Å². The van der Waals surface area contributed by atoms with E-state index in [-0.39, 0.29) is 5.82 Å². The van der Waals surface area contributed by atoms with Gasteiger partial charge in [0.05, 0.1) is 3.57 Å². The number of halogens is 2. The van der Waals surface area contributed by atoms with Crippen LogP contribution >= 0.6 is 34.4 Å². The van der Waals surface area contributed by atoms with E-state index in [1.165, 1.54) is 6.07 Å². The summed E-state index contributed by atoms with van der Waals surface area (Å²) in [6.45, 7) is 4.26. The van der Waals surface area contributed by atoms with E-state index in [9.17, 15) is 4.39 Å². The average molecular weight is 325 g/mol. The number of hydrogen-bond acceptors (Lipinski definition) is 2. The van der Waals surface area contributed by atoms with Crippen LogP contribution in [0.2, 0.25) is 0 Å². The Hall–Kier alpha value is 0.0300. The predicted molar refractivity (Wildman–Crippen MR) is 69.1 cm³/mol. The van der Waals surface area contributed by atoms with Gasteiger partial charge < -0.3 is 5.73 Å². The first-order chi connectivity index (χ1) is 6.50. The third-order valence-corrected chi connectivity index (χ3v) is 3.95. The maximum absolute atomic E-state index is 13.2. The summed E-state index contributed by atoms with van der Waals surface area (Å²) in [4.78, 5) is 0.844. The topological polar surface area (TPSA) is 26.0 Å². The zero-order valence-corrected chi connectivity index (χ0v) is 11.2. The fraction of sp³-hybridized carbons (Fsp3) is 0.400. The zero-order valence-electron chi connectivity index (χ0n) is 8.18. The van der Waals surface area contributed by atoms with Gasteiger partial charge in [0.25, 0.3) is 0 Å². The molecule has 0 unspecified atom stereocenters. The van der Waals surface area contributed by atoms with Gasteiger partial charge in [-0.2, -0.15) is 0 Å². The Labute approximate surface area is 102 Å². The number of nitrogens with two attached hydrogens (primary N) is 1. The fourth-order valence-electron chi connectivity index (χ4n) is 0.925. The second-order valence-corrected chi connectivity index (χ2v) is 5.73. The Morgan fingerprint density at radius 1 is 1.50 bits per heavy atom. The normalized spacial score (nSPS) is 10.9. The van der Waals surface area contributed by atoms with Gasteiger partial charge in [0.2, 0.25) is 0 Å². The van der Waals surface area contributed by atoms with Crippen LogP contribution < -0.4 is 5.73 Å². The van der Waals surface area contributed by atoms with Crippen molar-refractivity contribution in [2.24, 2.45) is 5.92 Å². The zero-order chi connectivity index (χ0) is 10.7. The van der Waals surface area contributed by atoms with Crippen LogP contribution in [0.1, 0.15) is 13.8 Å². The van der Waals surface area contributed by atoms with Gasteiger partial charge in [-0.05, 0) is 40.6 Å². The molecule has 0 heterocycles. The van der Waals surface area contributed by atoms with Crippen molar-refractivity contribution in [3.8, 4) is 0 Å². The fourth-order valence-corrected chi connectivity index (χ4v) is 2.34. The minimum atomic E-state index is -0.189. The maximum atomic E-state index is 13.2. The van der Waals surface area contributed by atoms with Crippen molar-refractivity contribution in [2.75, 3.05) is 11.5 Å². The highest BCUT2D eigenvalue weighted by atomic mass is 127. The van der Waals surface area contributed by atoms with Crippen molar-refractivity contribution in [1.82, 2.24) is 0 Å². The SMILES string of the molecule is CC(C)CSc1cc(F)c(I)cc1N. The highest BCUT2D eigenvalue weighted by Crippen LogP contribution is 2.29. The lowest BCUT2D eigenvalue weighted by Gasteiger charge is -2.08. The van der Waals surface area contributed by atoms with Gasteiger partial charge in [-0.3, -0.25) is 0 Å². The number of hydrogen-bond donors (Lipinski definition) is 1. The molecule has 1 aromatic carbocycles. The average Bonchev–Trinajstić information content (AvgIpc) is 2.09. The van der Waals surface area contributed by atoms with Crippen molar-refractivity contribution in [2.45, 2.75) is 18.7 Å². The summed E-state index contributed by atoms with van der Waals surface area (Å²) in [5.41, 5.74) is 6.45. The molecule has 0 bridgehead atoms. The minimum absolute atomic E-state index is 0.189. The highest BCUT2D eigenvalue weighted by Gasteiger charge is 2.06. The molecule has 0 radical (unpaired) electrons. The van der Waals surface area contributed by atoms with Crippen molar-refractivity contribution in [3.63, 3.8) is 0 Å². The summed E-state index contributed by atoms with van der Waals surface area (Å²) in [6, 6.07) is 3.20. The Morgan fingerprint density at radius 2 is 2.14 bits per heavy atom. The lowest BCUT2D eigenvalue weighted by atomic mass is 10.3. The van der Waals surface area contributed by atoms with Crippen LogP contribution in [0.5, 0.6) is 0 Å². The van der Waals surface area contributed by atoms with E-state index in [2.05, 4.69) is 13.8 Å². The van der Waals surface area contributed by atoms with E-state index in [0.717, 1.165) is 10.6 Å². The van der Waals surface area contributed by atoms with Gasteiger partial charge in [-0.25, -0.2) is 4.39 Å². The third kappa shape index (κ3) is 3.31. The van der Waals surface area contributed by atoms with E-state index < -0.39 is 0 Å². The summed E-state index contributed by atoms with van der Waals surface area (Å²) < 4.78 is 13.8. The van der Waals surface area contributed by atoms with Gasteiger partial charge >= 0.3 is 0 Å². The van der Waals surface area contributed by atoms with Crippen LogP contribution in [-0.2, 0) is 0 Å². The van der Waals surface area contributed by atoms with Gasteiger partial charge in [0, 0.05) is 16.3 Å². The number of nitrogen functional groups attached to an aromatic ring is 1. The molecule has 0 fully saturated rings. The lowest BCUT2D eigenvalue weighted by Crippen LogP contribution is -1.96. The monoisotopic (exact) mass is 325 g/mol. The maximum Gasteiger partial charge on any atom is 0.137 e. The summed E-state index contributed by atoms with van der Waals surface area (Å²) in [6.07, 6.45) is 0. The van der Waals surface area contributed by atoms with E-state index in [4.69, 9.17) is 5.73 Å². The molecule has 0 aliphatic carbocycles. The molecule has 78 valence electrons. The molecule has 4 heteroatoms. The van der Waals surface area contributed by atoms with Crippen molar-refractivity contribution < 1.29 is 4.39 Å². The molecular weight excluding hydrogens is 312 g/mol. The van der Waals surface area contributed by atoms with Gasteiger partial charge in [0.15, 0.2) is 0 Å². The van der Waals surface area contributed by atoms with Crippen LogP contribution in [-0.4, -0.2) is 5.75 Å². The standard InChI is InChI=1S/C10H13FINS/c1-6(2)5-14-10-3-7(11)8(12)4-9(10)13/h3-4,6H,5,13H2,1-2H3. The molecule has 0 spiro atoms. The van der Waals surface area contributed by atoms with Crippen molar-refractivity contribution in [3.05, 3.63) is 21.5 Å². The molecule has 1 aromatic rings. The number of benzene rings is 1. The third-order valence-electron chi connectivity index (χ3n) is 1.62. The Kier molecular flexibility index (Phi) is 4.50. The highest BCUT2D eigenvalue weighted by molar-refractivity contribution is 14.1. The number of rotatable bonds is 3. The molecule has 0 aromatic heterocycles. The Balaban J connectivity index is 2.82. The molecule has 0 saturated carbocycles. The molecule has 0 saturated heterocycles. The molecule has 0 aliphatic rings. The summed E-state index contributed by atoms with van der Waals surface area (Å²) in [5.74, 6) is 1.36. The van der Waals surface area contributed by atoms with E-state index in [1.807, 2.05) is 22.6 Å². The Bertz CT molecular complexity index is 328. The van der Waals surface area contributed by atoms with E-state index in [0.29, 0.717) is 15.2 Å². The van der Waals surface area contributed by atoms with Crippen LogP contribution in [0.4, 0.5) is 10.1 Å². The molecule has 0 amide bonds. The first kappa shape index (κ1) is 12.1. The van der Waals surface area contributed by atoms with Gasteiger partial charge in [0.1, 0.15) is 5.82 Å². The molecular formula is C10H13FINS. The first-order valence-corrected chi connectivity index (χ1v) is 6.44. The predicted octanol–water partition coefficient (Wildman–Crippen LogP) is 3.76. The van der Waals surface area contributed by atoms with Crippen LogP contribution in [0.25, 0.3) is 0 Å². The summed E-state index contributed by atoms with van der Waals surface area (Å²) >= 11 is 3.55. The quantitative estimate of drug-likeness (QED) is 0.520. The summed E-state index contributed by atoms with van der Waals surface area (Å²) in [5, 5.41) is 0. The second-order valence-electron chi connectivity index (χ2n) is 3.51. The van der Waals surface area contributed by atoms with Crippen molar-refractivity contribution >= 4 is 40.0 Å². The van der Waals surface area contributed by atoms with Crippen LogP contribution in [0.3, 0.4) is 0 Å². The van der Waals surface area contributed by atoms with Gasteiger partial charge in [-0.1, -0.05) is 13.8 Å². The second kappa shape index (κ2) is 5.21. The smallest absolute Gasteiger partial charge is 0.137 e. The largest absolute Gasteiger partial charge is 0.398 e. The number of thioether (sulfide) groups is 1.